The first-order chi connectivity index (χ1) is 16.1. The molecule has 1 amide bonds. The monoisotopic (exact) mass is 474 g/mol. The van der Waals surface area contributed by atoms with E-state index in [1.54, 1.807) is 17.0 Å². The van der Waals surface area contributed by atoms with Crippen molar-refractivity contribution in [2.75, 3.05) is 29.6 Å². The number of hydrogen-bond donors (Lipinski definition) is 3. The van der Waals surface area contributed by atoms with Crippen molar-refractivity contribution in [1.82, 2.24) is 19.9 Å². The van der Waals surface area contributed by atoms with Crippen LogP contribution in [-0.4, -0.2) is 44.9 Å². The molecule has 6 N–H and O–H groups in total. The number of pyridine rings is 3. The number of aromatic nitrogens is 3. The number of nitrogen functional groups attached to an aromatic ring is 2. The van der Waals surface area contributed by atoms with Crippen LogP contribution in [0.2, 0.25) is 0 Å². The second kappa shape index (κ2) is 8.93. The van der Waals surface area contributed by atoms with Gasteiger partial charge in [-0.05, 0) is 31.0 Å². The van der Waals surface area contributed by atoms with Crippen LogP contribution in [0.1, 0.15) is 31.7 Å². The Morgan fingerprint density at radius 2 is 1.88 bits per heavy atom. The molecule has 12 heteroatoms. The summed E-state index contributed by atoms with van der Waals surface area (Å²) in [5.74, 6) is 5.97. The van der Waals surface area contributed by atoms with Gasteiger partial charge in [-0.1, -0.05) is 6.92 Å². The topological polar surface area (TPSA) is 140 Å². The molecule has 3 aromatic rings. The maximum atomic E-state index is 13.3. The van der Waals surface area contributed by atoms with E-state index in [-0.39, 0.29) is 28.9 Å². The highest BCUT2D eigenvalue weighted by Gasteiger charge is 2.34. The first kappa shape index (κ1) is 23.5. The van der Waals surface area contributed by atoms with Crippen molar-refractivity contribution in [3.8, 4) is 11.3 Å². The Hall–Kier alpha value is -3.67. The summed E-state index contributed by atoms with van der Waals surface area (Å²) in [7, 11) is 0. The number of hydrogen-bond acceptors (Lipinski definition) is 8. The molecule has 0 saturated carbocycles. The number of piperidine rings is 1. The van der Waals surface area contributed by atoms with E-state index in [9.17, 15) is 18.0 Å². The van der Waals surface area contributed by atoms with Crippen molar-refractivity contribution in [3.63, 3.8) is 0 Å². The van der Waals surface area contributed by atoms with E-state index in [2.05, 4.69) is 15.0 Å². The zero-order chi connectivity index (χ0) is 24.6. The number of rotatable bonds is 4. The average molecular weight is 474 g/mol. The minimum Gasteiger partial charge on any atom is -0.396 e. The molecule has 0 bridgehead atoms. The second-order valence-corrected chi connectivity index (χ2v) is 8.15. The molecule has 1 aliphatic heterocycles. The molecule has 9 nitrogen and oxygen atoms in total. The van der Waals surface area contributed by atoms with Gasteiger partial charge < -0.3 is 21.4 Å². The van der Waals surface area contributed by atoms with E-state index < -0.39 is 17.6 Å². The summed E-state index contributed by atoms with van der Waals surface area (Å²) in [4.78, 5) is 26.3. The molecule has 34 heavy (non-hydrogen) atoms. The number of fused-ring (bicyclic) bond motifs is 1. The number of halogens is 3. The zero-order valence-electron chi connectivity index (χ0n) is 18.5. The molecule has 4 heterocycles. The van der Waals surface area contributed by atoms with Crippen molar-refractivity contribution in [2.45, 2.75) is 38.4 Å². The summed E-state index contributed by atoms with van der Waals surface area (Å²) < 4.78 is 39.9. The summed E-state index contributed by atoms with van der Waals surface area (Å²) in [6.07, 6.45) is -0.213. The third-order valence-electron chi connectivity index (χ3n) is 6.01. The fourth-order valence-corrected chi connectivity index (χ4v) is 4.14. The average Bonchev–Trinajstić information content (AvgIpc) is 2.82. The van der Waals surface area contributed by atoms with Crippen molar-refractivity contribution >= 4 is 34.1 Å². The van der Waals surface area contributed by atoms with Crippen LogP contribution >= 0.6 is 0 Å². The summed E-state index contributed by atoms with van der Waals surface area (Å²) in [5, 5.41) is 1.53. The van der Waals surface area contributed by atoms with Gasteiger partial charge in [0.1, 0.15) is 17.0 Å². The minimum absolute atomic E-state index is 0.0949. The normalized spacial score (nSPS) is 15.0. The summed E-state index contributed by atoms with van der Waals surface area (Å²) in [5.41, 5.74) is 12.6. The second-order valence-electron chi connectivity index (χ2n) is 8.15. The Labute approximate surface area is 193 Å². The number of hydrazine groups is 1. The summed E-state index contributed by atoms with van der Waals surface area (Å²) in [6, 6.07) is 4.00. The van der Waals surface area contributed by atoms with E-state index in [1.165, 1.54) is 17.4 Å². The van der Waals surface area contributed by atoms with Crippen LogP contribution in [0.4, 0.5) is 30.4 Å². The number of carbonyl (C=O) groups is 1. The van der Waals surface area contributed by atoms with E-state index in [4.69, 9.17) is 17.3 Å². The van der Waals surface area contributed by atoms with E-state index in [0.717, 1.165) is 6.07 Å². The Morgan fingerprint density at radius 1 is 1.18 bits per heavy atom. The van der Waals surface area contributed by atoms with Crippen LogP contribution in [-0.2, 0) is 11.0 Å². The van der Waals surface area contributed by atoms with Crippen molar-refractivity contribution in [1.29, 1.82) is 0 Å². The Morgan fingerprint density at radius 3 is 2.53 bits per heavy atom. The molecule has 4 rings (SSSR count). The molecule has 0 aromatic carbocycles. The molecule has 1 saturated heterocycles. The summed E-state index contributed by atoms with van der Waals surface area (Å²) in [6.45, 7) is 2.97. The maximum Gasteiger partial charge on any atom is 0.419 e. The van der Waals surface area contributed by atoms with E-state index in [1.807, 2.05) is 6.92 Å². The highest BCUT2D eigenvalue weighted by Crippen LogP contribution is 2.36. The van der Waals surface area contributed by atoms with Gasteiger partial charge in [0.05, 0.1) is 28.7 Å². The Kier molecular flexibility index (Phi) is 6.17. The standard InChI is InChI=1S/C22H25F3N8O/c1-2-18(34)32-7-5-13(6-8-32)33(28)20-15(26)11-29-17-4-3-16(31-19(17)20)12-9-14(22(23,24)25)21(27)30-10-12/h3-4,9-11,13H,2,5-8,26,28H2,1H3,(H2,27,30). The first-order valence-electron chi connectivity index (χ1n) is 10.8. The summed E-state index contributed by atoms with van der Waals surface area (Å²) >= 11 is 0. The van der Waals surface area contributed by atoms with Gasteiger partial charge in [0.15, 0.2) is 0 Å². The smallest absolute Gasteiger partial charge is 0.396 e. The molecule has 0 spiro atoms. The molecule has 0 atom stereocenters. The molecule has 1 fully saturated rings. The van der Waals surface area contributed by atoms with Crippen LogP contribution in [0.25, 0.3) is 22.3 Å². The molecule has 0 radical (unpaired) electrons. The van der Waals surface area contributed by atoms with Crippen LogP contribution in [0.15, 0.2) is 30.6 Å². The molecular formula is C22H25F3N8O. The van der Waals surface area contributed by atoms with Crippen LogP contribution < -0.4 is 22.3 Å². The molecule has 0 unspecified atom stereocenters. The Bertz CT molecular complexity index is 1220. The van der Waals surface area contributed by atoms with Gasteiger partial charge in [-0.25, -0.2) is 15.8 Å². The predicted octanol–water partition coefficient (Wildman–Crippen LogP) is 2.96. The van der Waals surface area contributed by atoms with Gasteiger partial charge in [0.25, 0.3) is 0 Å². The molecular weight excluding hydrogens is 449 g/mol. The third-order valence-corrected chi connectivity index (χ3v) is 6.01. The van der Waals surface area contributed by atoms with Crippen molar-refractivity contribution in [2.24, 2.45) is 5.84 Å². The van der Waals surface area contributed by atoms with Gasteiger partial charge in [-0.2, -0.15) is 13.2 Å². The van der Waals surface area contributed by atoms with Gasteiger partial charge in [-0.15, -0.1) is 0 Å². The lowest BCUT2D eigenvalue weighted by Crippen LogP contribution is -2.50. The molecule has 180 valence electrons. The van der Waals surface area contributed by atoms with Crippen molar-refractivity contribution in [3.05, 3.63) is 36.2 Å². The fraction of sp³-hybridized carbons (Fsp3) is 0.364. The molecule has 0 aliphatic carbocycles. The fourth-order valence-electron chi connectivity index (χ4n) is 4.14. The lowest BCUT2D eigenvalue weighted by Gasteiger charge is -2.37. The van der Waals surface area contributed by atoms with E-state index >= 15 is 0 Å². The SMILES string of the molecule is CCC(=O)N1CCC(N(N)c2c(N)cnc3ccc(-c4cnc(N)c(C(F)(F)F)c4)nc23)CC1. The first-order valence-corrected chi connectivity index (χ1v) is 10.8. The van der Waals surface area contributed by atoms with Gasteiger partial charge in [-0.3, -0.25) is 9.78 Å². The van der Waals surface area contributed by atoms with Crippen molar-refractivity contribution < 1.29 is 18.0 Å². The molecule has 1 aliphatic rings. The van der Waals surface area contributed by atoms with Crippen LogP contribution in [0, 0.1) is 0 Å². The number of nitrogens with zero attached hydrogens (tertiary/aromatic N) is 5. The minimum atomic E-state index is -4.65. The van der Waals surface area contributed by atoms with Gasteiger partial charge in [0, 0.05) is 37.3 Å². The number of nitrogens with two attached hydrogens (primary N) is 3. The number of anilines is 3. The Balaban J connectivity index is 1.71. The number of likely N-dealkylation sites (tertiary alicyclic amines) is 1. The molecule has 3 aromatic heterocycles. The predicted molar refractivity (Wildman–Crippen MR) is 123 cm³/mol. The largest absolute Gasteiger partial charge is 0.419 e. The van der Waals surface area contributed by atoms with E-state index in [0.29, 0.717) is 49.1 Å². The van der Waals surface area contributed by atoms with Crippen LogP contribution in [0.5, 0.6) is 0 Å². The maximum absolute atomic E-state index is 13.3. The highest BCUT2D eigenvalue weighted by molar-refractivity contribution is 5.95. The zero-order valence-corrected chi connectivity index (χ0v) is 18.5. The van der Waals surface area contributed by atoms with Crippen LogP contribution in [0.3, 0.4) is 0 Å². The van der Waals surface area contributed by atoms with Gasteiger partial charge in [0.2, 0.25) is 5.91 Å². The highest BCUT2D eigenvalue weighted by atomic mass is 19.4. The lowest BCUT2D eigenvalue weighted by molar-refractivity contribution is -0.137. The number of amides is 1. The van der Waals surface area contributed by atoms with Gasteiger partial charge >= 0.3 is 6.18 Å². The quantitative estimate of drug-likeness (QED) is 0.387. The number of carbonyl (C=O) groups excluding carboxylic acids is 1. The number of alkyl halides is 3. The lowest BCUT2D eigenvalue weighted by atomic mass is 10.0. The third kappa shape index (κ3) is 4.40.